The summed E-state index contributed by atoms with van der Waals surface area (Å²) < 4.78 is 34.9. The molecule has 0 aromatic heterocycles. The molecule has 6 heteroatoms. The first-order valence-corrected chi connectivity index (χ1v) is 8.32. The van der Waals surface area contributed by atoms with Gasteiger partial charge in [-0.05, 0) is 30.2 Å². The van der Waals surface area contributed by atoms with Crippen LogP contribution in [0.4, 0.5) is 8.78 Å². The number of benzene rings is 2. The zero-order valence-corrected chi connectivity index (χ0v) is 14.0. The molecule has 0 radical (unpaired) electrons. The van der Waals surface area contributed by atoms with Crippen LogP contribution in [0.15, 0.2) is 54.6 Å². The number of fused-ring (bicyclic) bond motifs is 1. The Morgan fingerprint density at radius 2 is 2.00 bits per heavy atom. The van der Waals surface area contributed by atoms with Crippen LogP contribution in [0.1, 0.15) is 11.1 Å². The molecule has 1 atom stereocenters. The largest absolute Gasteiger partial charge is 0.493 e. The first kappa shape index (κ1) is 17.9. The molecule has 0 aliphatic carbocycles. The summed E-state index contributed by atoms with van der Waals surface area (Å²) in [7, 11) is 0. The van der Waals surface area contributed by atoms with Crippen LogP contribution < -0.4 is 14.8 Å². The Morgan fingerprint density at radius 3 is 2.85 bits per heavy atom. The molecule has 136 valence electrons. The molecular weight excluding hydrogens is 340 g/mol. The standard InChI is InChI=1S/C20H19F2NO3/c21-20(22)26-18-8-4-1-5-15(18)9-10-19(24)23-12-14-11-16-6-2-3-7-17(16)25-13-14/h1-10,14,20H,11-13H2,(H,23,24)/b10-9+. The van der Waals surface area contributed by atoms with Gasteiger partial charge in [0.15, 0.2) is 0 Å². The lowest BCUT2D eigenvalue weighted by molar-refractivity contribution is -0.116. The van der Waals surface area contributed by atoms with Crippen LogP contribution in [-0.4, -0.2) is 25.7 Å². The Morgan fingerprint density at radius 1 is 1.23 bits per heavy atom. The van der Waals surface area contributed by atoms with Crippen LogP contribution in [0.25, 0.3) is 6.08 Å². The molecule has 0 fully saturated rings. The molecule has 1 aliphatic rings. The highest BCUT2D eigenvalue weighted by atomic mass is 19.3. The first-order chi connectivity index (χ1) is 12.6. The van der Waals surface area contributed by atoms with Crippen molar-refractivity contribution in [3.63, 3.8) is 0 Å². The molecule has 0 saturated heterocycles. The van der Waals surface area contributed by atoms with Gasteiger partial charge < -0.3 is 14.8 Å². The number of nitrogens with one attached hydrogen (secondary N) is 1. The Bertz CT molecular complexity index is 792. The van der Waals surface area contributed by atoms with E-state index in [-0.39, 0.29) is 17.6 Å². The lowest BCUT2D eigenvalue weighted by atomic mass is 9.97. The third-order valence-corrected chi connectivity index (χ3v) is 4.07. The fourth-order valence-corrected chi connectivity index (χ4v) is 2.81. The first-order valence-electron chi connectivity index (χ1n) is 8.32. The highest BCUT2D eigenvalue weighted by molar-refractivity contribution is 5.92. The van der Waals surface area contributed by atoms with E-state index < -0.39 is 6.61 Å². The van der Waals surface area contributed by atoms with E-state index in [2.05, 4.69) is 10.1 Å². The fraction of sp³-hybridized carbons (Fsp3) is 0.250. The second-order valence-corrected chi connectivity index (χ2v) is 5.98. The molecule has 26 heavy (non-hydrogen) atoms. The third-order valence-electron chi connectivity index (χ3n) is 4.07. The third kappa shape index (κ3) is 4.81. The van der Waals surface area contributed by atoms with Crippen molar-refractivity contribution in [1.29, 1.82) is 0 Å². The van der Waals surface area contributed by atoms with Gasteiger partial charge in [-0.25, -0.2) is 0 Å². The SMILES string of the molecule is O=C(/C=C/c1ccccc1OC(F)F)NCC1COc2ccccc2C1. The lowest BCUT2D eigenvalue weighted by Crippen LogP contribution is -2.33. The summed E-state index contributed by atoms with van der Waals surface area (Å²) in [6, 6.07) is 14.2. The van der Waals surface area contributed by atoms with Gasteiger partial charge in [-0.2, -0.15) is 8.78 Å². The number of alkyl halides is 2. The van der Waals surface area contributed by atoms with Crippen molar-refractivity contribution in [3.8, 4) is 11.5 Å². The Kier molecular flexibility index (Phi) is 5.84. The van der Waals surface area contributed by atoms with E-state index in [0.29, 0.717) is 18.7 Å². The number of carbonyl (C=O) groups is 1. The van der Waals surface area contributed by atoms with Gasteiger partial charge in [0.25, 0.3) is 0 Å². The molecule has 0 bridgehead atoms. The lowest BCUT2D eigenvalue weighted by Gasteiger charge is -2.25. The number of hydrogen-bond donors (Lipinski definition) is 1. The molecular formula is C20H19F2NO3. The smallest absolute Gasteiger partial charge is 0.387 e. The van der Waals surface area contributed by atoms with Crippen molar-refractivity contribution in [3.05, 3.63) is 65.7 Å². The van der Waals surface area contributed by atoms with Crippen molar-refractivity contribution < 1.29 is 23.0 Å². The van der Waals surface area contributed by atoms with Crippen LogP contribution in [0.5, 0.6) is 11.5 Å². The topological polar surface area (TPSA) is 47.6 Å². The van der Waals surface area contributed by atoms with E-state index in [1.165, 1.54) is 18.2 Å². The Balaban J connectivity index is 1.53. The molecule has 0 spiro atoms. The highest BCUT2D eigenvalue weighted by Crippen LogP contribution is 2.26. The maximum absolute atomic E-state index is 12.4. The van der Waals surface area contributed by atoms with Gasteiger partial charge in [0.2, 0.25) is 5.91 Å². The van der Waals surface area contributed by atoms with Crippen molar-refractivity contribution in [2.45, 2.75) is 13.0 Å². The van der Waals surface area contributed by atoms with Gasteiger partial charge in [0.1, 0.15) is 11.5 Å². The molecule has 1 unspecified atom stereocenters. The van der Waals surface area contributed by atoms with Crippen LogP contribution in [0.3, 0.4) is 0 Å². The van der Waals surface area contributed by atoms with Crippen LogP contribution in [-0.2, 0) is 11.2 Å². The molecule has 1 aliphatic heterocycles. The number of hydrogen-bond acceptors (Lipinski definition) is 3. The minimum Gasteiger partial charge on any atom is -0.493 e. The van der Waals surface area contributed by atoms with Gasteiger partial charge >= 0.3 is 6.61 Å². The van der Waals surface area contributed by atoms with E-state index in [0.717, 1.165) is 17.7 Å². The summed E-state index contributed by atoms with van der Waals surface area (Å²) in [4.78, 5) is 12.0. The van der Waals surface area contributed by atoms with E-state index in [9.17, 15) is 13.6 Å². The molecule has 3 rings (SSSR count). The van der Waals surface area contributed by atoms with Crippen LogP contribution in [0, 0.1) is 5.92 Å². The van der Waals surface area contributed by atoms with Crippen molar-refractivity contribution in [1.82, 2.24) is 5.32 Å². The highest BCUT2D eigenvalue weighted by Gasteiger charge is 2.19. The zero-order valence-electron chi connectivity index (χ0n) is 14.0. The number of ether oxygens (including phenoxy) is 2. The quantitative estimate of drug-likeness (QED) is 0.801. The number of rotatable bonds is 6. The van der Waals surface area contributed by atoms with Gasteiger partial charge in [-0.1, -0.05) is 36.4 Å². The summed E-state index contributed by atoms with van der Waals surface area (Å²) in [5, 5.41) is 2.82. The van der Waals surface area contributed by atoms with Crippen molar-refractivity contribution in [2.24, 2.45) is 5.92 Å². The van der Waals surface area contributed by atoms with Crippen molar-refractivity contribution in [2.75, 3.05) is 13.2 Å². The molecule has 2 aromatic carbocycles. The van der Waals surface area contributed by atoms with E-state index in [4.69, 9.17) is 4.74 Å². The fourth-order valence-electron chi connectivity index (χ4n) is 2.81. The molecule has 1 N–H and O–H groups in total. The number of carbonyl (C=O) groups excluding carboxylic acids is 1. The Hall–Kier alpha value is -2.89. The predicted octanol–water partition coefficient (Wildman–Crippen LogP) is 3.67. The van der Waals surface area contributed by atoms with E-state index in [1.54, 1.807) is 18.2 Å². The zero-order chi connectivity index (χ0) is 18.4. The molecule has 1 heterocycles. The number of halogens is 2. The summed E-state index contributed by atoms with van der Waals surface area (Å²) in [6.07, 6.45) is 3.61. The van der Waals surface area contributed by atoms with Gasteiger partial charge in [0.05, 0.1) is 6.61 Å². The Labute approximate surface area is 150 Å². The number of amides is 1. The molecule has 2 aromatic rings. The molecule has 0 saturated carbocycles. The maximum atomic E-state index is 12.4. The molecule has 1 amide bonds. The van der Waals surface area contributed by atoms with Gasteiger partial charge in [-0.3, -0.25) is 4.79 Å². The maximum Gasteiger partial charge on any atom is 0.387 e. The average Bonchev–Trinajstić information content (AvgIpc) is 2.65. The second-order valence-electron chi connectivity index (χ2n) is 5.98. The number of para-hydroxylation sites is 2. The van der Waals surface area contributed by atoms with E-state index in [1.807, 2.05) is 24.3 Å². The molecule has 4 nitrogen and oxygen atoms in total. The summed E-state index contributed by atoms with van der Waals surface area (Å²) in [5.74, 6) is 0.821. The van der Waals surface area contributed by atoms with E-state index >= 15 is 0 Å². The van der Waals surface area contributed by atoms with Crippen LogP contribution in [0.2, 0.25) is 0 Å². The summed E-state index contributed by atoms with van der Waals surface area (Å²) in [5.41, 5.74) is 1.55. The minimum absolute atomic E-state index is 0.0313. The van der Waals surface area contributed by atoms with Crippen LogP contribution >= 0.6 is 0 Å². The normalized spacial score (nSPS) is 16.2. The van der Waals surface area contributed by atoms with Gasteiger partial charge in [-0.15, -0.1) is 0 Å². The monoisotopic (exact) mass is 359 g/mol. The summed E-state index contributed by atoms with van der Waals surface area (Å²) in [6.45, 7) is -1.88. The average molecular weight is 359 g/mol. The van der Waals surface area contributed by atoms with Gasteiger partial charge in [0, 0.05) is 24.1 Å². The predicted molar refractivity (Wildman–Crippen MR) is 94.2 cm³/mol. The summed E-state index contributed by atoms with van der Waals surface area (Å²) >= 11 is 0. The van der Waals surface area contributed by atoms with Crippen molar-refractivity contribution >= 4 is 12.0 Å². The second kappa shape index (κ2) is 8.47. The minimum atomic E-state index is -2.91.